The highest BCUT2D eigenvalue weighted by Crippen LogP contribution is 2.24. The van der Waals surface area contributed by atoms with Gasteiger partial charge in [-0.05, 0) is 18.4 Å². The molecule has 0 saturated heterocycles. The van der Waals surface area contributed by atoms with Crippen molar-refractivity contribution in [2.24, 2.45) is 5.92 Å². The Morgan fingerprint density at radius 1 is 1.48 bits per heavy atom. The molecule has 0 atom stereocenters. The zero-order valence-corrected chi connectivity index (χ0v) is 12.5. The van der Waals surface area contributed by atoms with Crippen molar-refractivity contribution in [3.63, 3.8) is 0 Å². The average molecular weight is 289 g/mol. The Kier molecular flexibility index (Phi) is 5.85. The summed E-state index contributed by atoms with van der Waals surface area (Å²) in [4.78, 5) is 24.7. The molecule has 0 saturated carbocycles. The van der Waals surface area contributed by atoms with E-state index in [2.05, 4.69) is 0 Å². The maximum atomic E-state index is 12.6. The van der Waals surface area contributed by atoms with Crippen LogP contribution in [0.2, 0.25) is 0 Å². The van der Waals surface area contributed by atoms with Crippen molar-refractivity contribution in [1.29, 1.82) is 5.26 Å². The summed E-state index contributed by atoms with van der Waals surface area (Å²) in [5.41, 5.74) is 0.492. The zero-order valence-electron chi connectivity index (χ0n) is 12.5. The molecule has 1 aromatic rings. The van der Waals surface area contributed by atoms with E-state index in [0.717, 1.165) is 0 Å². The minimum atomic E-state index is -0.544. The second-order valence-electron chi connectivity index (χ2n) is 5.28. The SMILES string of the molecule is Cc1cccc([N+](=O)[O-])c1C(=O)N(CCC#N)CC(C)C. The maximum Gasteiger partial charge on any atom is 0.282 e. The minimum absolute atomic E-state index is 0.112. The molecule has 112 valence electrons. The summed E-state index contributed by atoms with van der Waals surface area (Å²) in [6.45, 7) is 6.33. The first-order valence-corrected chi connectivity index (χ1v) is 6.78. The van der Waals surface area contributed by atoms with Crippen LogP contribution >= 0.6 is 0 Å². The summed E-state index contributed by atoms with van der Waals surface area (Å²) in [6.07, 6.45) is 0.206. The molecule has 6 heteroatoms. The molecule has 0 heterocycles. The lowest BCUT2D eigenvalue weighted by atomic mass is 10.0. The van der Waals surface area contributed by atoms with E-state index in [1.807, 2.05) is 19.9 Å². The smallest absolute Gasteiger partial charge is 0.282 e. The van der Waals surface area contributed by atoms with Crippen LogP contribution in [-0.2, 0) is 0 Å². The van der Waals surface area contributed by atoms with Gasteiger partial charge in [0.25, 0.3) is 11.6 Å². The van der Waals surface area contributed by atoms with Gasteiger partial charge in [-0.1, -0.05) is 26.0 Å². The summed E-state index contributed by atoms with van der Waals surface area (Å²) in [5.74, 6) is -0.167. The van der Waals surface area contributed by atoms with Gasteiger partial charge in [0.05, 0.1) is 17.4 Å². The number of hydrogen-bond acceptors (Lipinski definition) is 4. The highest BCUT2D eigenvalue weighted by Gasteiger charge is 2.26. The molecule has 0 N–H and O–H groups in total. The Labute approximate surface area is 124 Å². The summed E-state index contributed by atoms with van der Waals surface area (Å²) in [5, 5.41) is 19.8. The van der Waals surface area contributed by atoms with Crippen LogP contribution in [0.4, 0.5) is 5.69 Å². The zero-order chi connectivity index (χ0) is 16.0. The van der Waals surface area contributed by atoms with Crippen molar-refractivity contribution in [2.45, 2.75) is 27.2 Å². The molecule has 1 aromatic carbocycles. The van der Waals surface area contributed by atoms with Crippen LogP contribution in [0, 0.1) is 34.3 Å². The Balaban J connectivity index is 3.20. The molecule has 0 aliphatic heterocycles. The largest absolute Gasteiger partial charge is 0.337 e. The van der Waals surface area contributed by atoms with Crippen LogP contribution in [0.3, 0.4) is 0 Å². The van der Waals surface area contributed by atoms with Crippen molar-refractivity contribution in [1.82, 2.24) is 4.90 Å². The van der Waals surface area contributed by atoms with Crippen molar-refractivity contribution in [2.75, 3.05) is 13.1 Å². The summed E-state index contributed by atoms with van der Waals surface area (Å²) < 4.78 is 0. The number of amides is 1. The van der Waals surface area contributed by atoms with E-state index in [0.29, 0.717) is 12.1 Å². The molecular weight excluding hydrogens is 270 g/mol. The fraction of sp³-hybridized carbons (Fsp3) is 0.467. The Morgan fingerprint density at radius 2 is 2.14 bits per heavy atom. The van der Waals surface area contributed by atoms with Crippen LogP contribution < -0.4 is 0 Å². The van der Waals surface area contributed by atoms with Gasteiger partial charge >= 0.3 is 0 Å². The highest BCUT2D eigenvalue weighted by molar-refractivity contribution is 5.99. The first-order chi connectivity index (χ1) is 9.88. The van der Waals surface area contributed by atoms with Crippen molar-refractivity contribution in [3.8, 4) is 6.07 Å². The van der Waals surface area contributed by atoms with Crippen LogP contribution in [0.25, 0.3) is 0 Å². The van der Waals surface area contributed by atoms with E-state index in [4.69, 9.17) is 5.26 Å². The van der Waals surface area contributed by atoms with Gasteiger partial charge in [0.2, 0.25) is 0 Å². The van der Waals surface area contributed by atoms with Gasteiger partial charge in [-0.15, -0.1) is 0 Å². The number of nitrogens with zero attached hydrogens (tertiary/aromatic N) is 3. The molecule has 1 amide bonds. The van der Waals surface area contributed by atoms with Gasteiger partial charge in [-0.25, -0.2) is 0 Å². The molecule has 6 nitrogen and oxygen atoms in total. The average Bonchev–Trinajstić information content (AvgIpc) is 2.41. The Bertz CT molecular complexity index is 576. The van der Waals surface area contributed by atoms with Crippen molar-refractivity contribution in [3.05, 3.63) is 39.4 Å². The number of nitriles is 1. The fourth-order valence-electron chi connectivity index (χ4n) is 2.14. The van der Waals surface area contributed by atoms with Gasteiger partial charge in [0.15, 0.2) is 0 Å². The first kappa shape index (κ1) is 16.6. The van der Waals surface area contributed by atoms with E-state index in [-0.39, 0.29) is 36.0 Å². The third-order valence-electron chi connectivity index (χ3n) is 3.03. The normalized spacial score (nSPS) is 10.2. The summed E-state index contributed by atoms with van der Waals surface area (Å²) in [6, 6.07) is 6.57. The number of carbonyl (C=O) groups is 1. The number of benzene rings is 1. The molecule has 1 rings (SSSR count). The number of nitro groups is 1. The lowest BCUT2D eigenvalue weighted by Gasteiger charge is -2.24. The molecular formula is C15H19N3O3. The predicted molar refractivity (Wildman–Crippen MR) is 78.8 cm³/mol. The quantitative estimate of drug-likeness (QED) is 0.595. The summed E-state index contributed by atoms with van der Waals surface area (Å²) in [7, 11) is 0. The molecule has 0 bridgehead atoms. The molecule has 0 spiro atoms. The predicted octanol–water partition coefficient (Wildman–Crippen LogP) is 2.92. The van der Waals surface area contributed by atoms with Gasteiger partial charge in [0, 0.05) is 19.2 Å². The van der Waals surface area contributed by atoms with Crippen LogP contribution in [0.1, 0.15) is 36.2 Å². The fourth-order valence-corrected chi connectivity index (χ4v) is 2.14. The van der Waals surface area contributed by atoms with Crippen LogP contribution in [0.15, 0.2) is 18.2 Å². The number of aryl methyl sites for hydroxylation is 1. The maximum absolute atomic E-state index is 12.6. The molecule has 0 aliphatic rings. The highest BCUT2D eigenvalue weighted by atomic mass is 16.6. The Hall–Kier alpha value is -2.42. The Morgan fingerprint density at radius 3 is 2.67 bits per heavy atom. The van der Waals surface area contributed by atoms with E-state index in [1.54, 1.807) is 19.1 Å². The topological polar surface area (TPSA) is 87.2 Å². The molecule has 0 unspecified atom stereocenters. The van der Waals surface area contributed by atoms with E-state index < -0.39 is 4.92 Å². The number of rotatable bonds is 6. The monoisotopic (exact) mass is 289 g/mol. The first-order valence-electron chi connectivity index (χ1n) is 6.78. The van der Waals surface area contributed by atoms with E-state index >= 15 is 0 Å². The van der Waals surface area contributed by atoms with E-state index in [1.165, 1.54) is 11.0 Å². The molecule has 0 radical (unpaired) electrons. The minimum Gasteiger partial charge on any atom is -0.337 e. The van der Waals surface area contributed by atoms with Gasteiger partial charge < -0.3 is 4.90 Å². The van der Waals surface area contributed by atoms with Gasteiger partial charge in [-0.2, -0.15) is 5.26 Å². The van der Waals surface area contributed by atoms with Gasteiger partial charge in [0.1, 0.15) is 5.56 Å². The third-order valence-corrected chi connectivity index (χ3v) is 3.03. The standard InChI is InChI=1S/C15H19N3O3/c1-11(2)10-17(9-5-8-16)15(19)14-12(3)6-4-7-13(14)18(20)21/h4,6-7,11H,5,9-10H2,1-3H3. The van der Waals surface area contributed by atoms with E-state index in [9.17, 15) is 14.9 Å². The lowest BCUT2D eigenvalue weighted by Crippen LogP contribution is -2.35. The molecule has 0 fully saturated rings. The third kappa shape index (κ3) is 4.28. The lowest BCUT2D eigenvalue weighted by molar-refractivity contribution is -0.385. The van der Waals surface area contributed by atoms with Crippen molar-refractivity contribution >= 4 is 11.6 Å². The molecule has 0 aromatic heterocycles. The van der Waals surface area contributed by atoms with Crippen LogP contribution in [0.5, 0.6) is 0 Å². The second kappa shape index (κ2) is 7.39. The summed E-state index contributed by atoms with van der Waals surface area (Å²) >= 11 is 0. The van der Waals surface area contributed by atoms with Crippen molar-refractivity contribution < 1.29 is 9.72 Å². The molecule has 0 aliphatic carbocycles. The number of hydrogen-bond donors (Lipinski definition) is 0. The van der Waals surface area contributed by atoms with Gasteiger partial charge in [-0.3, -0.25) is 14.9 Å². The number of nitro benzene ring substituents is 1. The van der Waals surface area contributed by atoms with Crippen LogP contribution in [-0.4, -0.2) is 28.8 Å². The molecule has 21 heavy (non-hydrogen) atoms. The number of carbonyl (C=O) groups excluding carboxylic acids is 1. The second-order valence-corrected chi connectivity index (χ2v) is 5.28.